The summed E-state index contributed by atoms with van der Waals surface area (Å²) in [5.74, 6) is 3.11. The van der Waals surface area contributed by atoms with E-state index >= 15 is 0 Å². The van der Waals surface area contributed by atoms with E-state index in [-0.39, 0.29) is 0 Å². The van der Waals surface area contributed by atoms with Crippen molar-refractivity contribution in [3.63, 3.8) is 0 Å². The van der Waals surface area contributed by atoms with Gasteiger partial charge in [0.2, 0.25) is 5.91 Å². The Morgan fingerprint density at radius 2 is 2.00 bits per heavy atom. The number of likely N-dealkylation sites (tertiary alicyclic amines) is 1. The third kappa shape index (κ3) is 3.14. The van der Waals surface area contributed by atoms with E-state index < -0.39 is 0 Å². The van der Waals surface area contributed by atoms with Gasteiger partial charge in [-0.3, -0.25) is 4.79 Å². The summed E-state index contributed by atoms with van der Waals surface area (Å²) in [5, 5.41) is 0. The summed E-state index contributed by atoms with van der Waals surface area (Å²) in [4.78, 5) is 18.8. The van der Waals surface area contributed by atoms with Crippen molar-refractivity contribution in [2.75, 3.05) is 13.1 Å². The van der Waals surface area contributed by atoms with Crippen LogP contribution in [-0.2, 0) is 11.3 Å². The van der Waals surface area contributed by atoms with Crippen LogP contribution in [0.15, 0.2) is 12.4 Å². The summed E-state index contributed by atoms with van der Waals surface area (Å²) in [5.41, 5.74) is 0. The van der Waals surface area contributed by atoms with Gasteiger partial charge in [0.1, 0.15) is 5.82 Å². The molecule has 0 radical (unpaired) electrons. The molecule has 0 spiro atoms. The first kappa shape index (κ1) is 14.6. The first-order valence-electron chi connectivity index (χ1n) is 8.45. The second-order valence-electron chi connectivity index (χ2n) is 6.99. The van der Waals surface area contributed by atoms with Crippen molar-refractivity contribution in [2.24, 2.45) is 11.8 Å². The normalized spacial score (nSPS) is 20.8. The minimum Gasteiger partial charge on any atom is -0.342 e. The molecule has 2 aliphatic rings. The lowest BCUT2D eigenvalue weighted by atomic mass is 9.83. The molecular weight excluding hydrogens is 262 g/mol. The Bertz CT molecular complexity index is 482. The molecule has 1 aliphatic carbocycles. The van der Waals surface area contributed by atoms with Crippen molar-refractivity contribution >= 4 is 5.91 Å². The fourth-order valence-corrected chi connectivity index (χ4v) is 3.50. The van der Waals surface area contributed by atoms with Crippen LogP contribution in [0.4, 0.5) is 0 Å². The van der Waals surface area contributed by atoms with Crippen LogP contribution in [-0.4, -0.2) is 33.4 Å². The molecule has 1 aromatic rings. The SMILES string of the molecule is CC(C)c1nccn1CC1CCN(C(=O)C2CCC2)CC1. The van der Waals surface area contributed by atoms with Crippen molar-refractivity contribution in [1.29, 1.82) is 0 Å². The molecule has 1 aliphatic heterocycles. The number of hydrogen-bond donors (Lipinski definition) is 0. The Balaban J connectivity index is 1.51. The van der Waals surface area contributed by atoms with Gasteiger partial charge in [-0.05, 0) is 31.6 Å². The van der Waals surface area contributed by atoms with Crippen LogP contribution in [0.25, 0.3) is 0 Å². The van der Waals surface area contributed by atoms with Crippen LogP contribution in [0.2, 0.25) is 0 Å². The van der Waals surface area contributed by atoms with Crippen LogP contribution in [0, 0.1) is 11.8 Å². The quantitative estimate of drug-likeness (QED) is 0.854. The van der Waals surface area contributed by atoms with Crippen LogP contribution in [0.5, 0.6) is 0 Å². The zero-order valence-corrected chi connectivity index (χ0v) is 13.3. The Morgan fingerprint density at radius 1 is 1.29 bits per heavy atom. The topological polar surface area (TPSA) is 38.1 Å². The van der Waals surface area contributed by atoms with E-state index in [9.17, 15) is 4.79 Å². The number of amides is 1. The Hall–Kier alpha value is -1.32. The Kier molecular flexibility index (Phi) is 4.32. The largest absolute Gasteiger partial charge is 0.342 e. The van der Waals surface area contributed by atoms with Crippen LogP contribution >= 0.6 is 0 Å². The van der Waals surface area contributed by atoms with Gasteiger partial charge >= 0.3 is 0 Å². The van der Waals surface area contributed by atoms with Gasteiger partial charge in [-0.1, -0.05) is 20.3 Å². The molecule has 1 saturated heterocycles. The Labute approximate surface area is 127 Å². The summed E-state index contributed by atoms with van der Waals surface area (Å²) in [7, 11) is 0. The summed E-state index contributed by atoms with van der Waals surface area (Å²) in [6, 6.07) is 0. The highest BCUT2D eigenvalue weighted by molar-refractivity contribution is 5.79. The molecule has 116 valence electrons. The maximum Gasteiger partial charge on any atom is 0.225 e. The predicted molar refractivity (Wildman–Crippen MR) is 83.0 cm³/mol. The van der Waals surface area contributed by atoms with Gasteiger partial charge in [-0.15, -0.1) is 0 Å². The average molecular weight is 289 g/mol. The molecule has 0 unspecified atom stereocenters. The van der Waals surface area contributed by atoms with E-state index in [0.29, 0.717) is 23.7 Å². The van der Waals surface area contributed by atoms with E-state index in [1.165, 1.54) is 12.2 Å². The molecule has 0 aromatic carbocycles. The van der Waals surface area contributed by atoms with Crippen molar-refractivity contribution < 1.29 is 4.79 Å². The van der Waals surface area contributed by atoms with Gasteiger partial charge in [0.15, 0.2) is 0 Å². The predicted octanol–water partition coefficient (Wildman–Crippen LogP) is 3.05. The first-order valence-corrected chi connectivity index (χ1v) is 8.45. The van der Waals surface area contributed by atoms with Gasteiger partial charge < -0.3 is 9.47 Å². The molecular formula is C17H27N3O. The van der Waals surface area contributed by atoms with Crippen molar-refractivity contribution in [3.8, 4) is 0 Å². The number of carbonyl (C=O) groups is 1. The van der Waals surface area contributed by atoms with Gasteiger partial charge in [0.05, 0.1) is 0 Å². The standard InChI is InChI=1S/C17H27N3O/c1-13(2)16-18-8-11-20(16)12-14-6-9-19(10-7-14)17(21)15-4-3-5-15/h8,11,13-15H,3-7,9-10,12H2,1-2H3. The van der Waals surface area contributed by atoms with Gasteiger partial charge in [0.25, 0.3) is 0 Å². The van der Waals surface area contributed by atoms with E-state index in [4.69, 9.17) is 0 Å². The fourth-order valence-electron chi connectivity index (χ4n) is 3.50. The number of nitrogens with zero attached hydrogens (tertiary/aromatic N) is 3. The molecule has 1 aromatic heterocycles. The zero-order valence-electron chi connectivity index (χ0n) is 13.3. The molecule has 2 fully saturated rings. The third-order valence-corrected chi connectivity index (χ3v) is 5.10. The molecule has 0 atom stereocenters. The highest BCUT2D eigenvalue weighted by Crippen LogP contribution is 2.30. The van der Waals surface area contributed by atoms with E-state index in [0.717, 1.165) is 45.3 Å². The van der Waals surface area contributed by atoms with Gasteiger partial charge in [0, 0.05) is 43.9 Å². The van der Waals surface area contributed by atoms with Crippen molar-refractivity contribution in [1.82, 2.24) is 14.5 Å². The zero-order chi connectivity index (χ0) is 14.8. The number of rotatable bonds is 4. The maximum atomic E-state index is 12.3. The number of piperidine rings is 1. The third-order valence-electron chi connectivity index (χ3n) is 5.10. The fraction of sp³-hybridized carbons (Fsp3) is 0.765. The molecule has 3 rings (SSSR count). The summed E-state index contributed by atoms with van der Waals surface area (Å²) in [6.07, 6.45) is 9.75. The molecule has 21 heavy (non-hydrogen) atoms. The lowest BCUT2D eigenvalue weighted by molar-refractivity contribution is -0.139. The minimum absolute atomic E-state index is 0.350. The Morgan fingerprint density at radius 3 is 2.57 bits per heavy atom. The molecule has 4 nitrogen and oxygen atoms in total. The molecule has 4 heteroatoms. The van der Waals surface area contributed by atoms with Gasteiger partial charge in [-0.25, -0.2) is 4.98 Å². The van der Waals surface area contributed by atoms with E-state index in [1.54, 1.807) is 0 Å². The number of hydrogen-bond acceptors (Lipinski definition) is 2. The van der Waals surface area contributed by atoms with Crippen LogP contribution in [0.3, 0.4) is 0 Å². The number of carbonyl (C=O) groups excluding carboxylic acids is 1. The summed E-state index contributed by atoms with van der Waals surface area (Å²) >= 11 is 0. The molecule has 1 saturated carbocycles. The first-order chi connectivity index (χ1) is 10.1. The van der Waals surface area contributed by atoms with Gasteiger partial charge in [-0.2, -0.15) is 0 Å². The van der Waals surface area contributed by atoms with Crippen molar-refractivity contribution in [3.05, 3.63) is 18.2 Å². The van der Waals surface area contributed by atoms with E-state index in [1.807, 2.05) is 6.20 Å². The lowest BCUT2D eigenvalue weighted by Crippen LogP contribution is -2.44. The minimum atomic E-state index is 0.350. The van der Waals surface area contributed by atoms with Crippen LogP contribution < -0.4 is 0 Å². The number of aromatic nitrogens is 2. The summed E-state index contributed by atoms with van der Waals surface area (Å²) in [6.45, 7) is 7.34. The second-order valence-corrected chi connectivity index (χ2v) is 6.99. The molecule has 0 bridgehead atoms. The highest BCUT2D eigenvalue weighted by Gasteiger charge is 2.31. The molecule has 0 N–H and O–H groups in total. The smallest absolute Gasteiger partial charge is 0.225 e. The summed E-state index contributed by atoms with van der Waals surface area (Å²) < 4.78 is 2.30. The maximum absolute atomic E-state index is 12.3. The van der Waals surface area contributed by atoms with Crippen LogP contribution in [0.1, 0.15) is 57.7 Å². The lowest BCUT2D eigenvalue weighted by Gasteiger charge is -2.36. The highest BCUT2D eigenvalue weighted by atomic mass is 16.2. The number of imidazole rings is 1. The van der Waals surface area contributed by atoms with Crippen molar-refractivity contribution in [2.45, 2.75) is 58.4 Å². The molecule has 2 heterocycles. The molecule has 1 amide bonds. The average Bonchev–Trinajstić information content (AvgIpc) is 2.86. The second kappa shape index (κ2) is 6.20. The monoisotopic (exact) mass is 289 g/mol. The van der Waals surface area contributed by atoms with E-state index in [2.05, 4.69) is 34.5 Å².